The molecule has 0 saturated carbocycles. The van der Waals surface area contributed by atoms with Gasteiger partial charge in [0.15, 0.2) is 0 Å². The highest BCUT2D eigenvalue weighted by molar-refractivity contribution is 5.78. The van der Waals surface area contributed by atoms with Gasteiger partial charge in [0.25, 0.3) is 0 Å². The van der Waals surface area contributed by atoms with Gasteiger partial charge in [-0.15, -0.1) is 0 Å². The van der Waals surface area contributed by atoms with Crippen molar-refractivity contribution in [3.63, 3.8) is 0 Å². The maximum absolute atomic E-state index is 12.9. The predicted octanol–water partition coefficient (Wildman–Crippen LogP) is 4.24. The second kappa shape index (κ2) is 27.4. The summed E-state index contributed by atoms with van der Waals surface area (Å²) in [6, 6.07) is 0.0433. The zero-order chi connectivity index (χ0) is 41.5. The first kappa shape index (κ1) is 48.9. The first-order valence-corrected chi connectivity index (χ1v) is 20.7. The number of carbonyl (C=O) groups is 5. The van der Waals surface area contributed by atoms with Crippen molar-refractivity contribution in [1.29, 1.82) is 0 Å². The van der Waals surface area contributed by atoms with Gasteiger partial charge in [-0.25, -0.2) is 0 Å². The lowest BCUT2D eigenvalue weighted by atomic mass is 9.96. The fourth-order valence-corrected chi connectivity index (χ4v) is 7.21. The molecule has 2 aliphatic heterocycles. The van der Waals surface area contributed by atoms with Gasteiger partial charge in [0.2, 0.25) is 5.91 Å². The molecule has 2 heterocycles. The normalized spacial score (nSPS) is 18.2. The molecule has 0 bridgehead atoms. The molecule has 2 rings (SSSR count). The van der Waals surface area contributed by atoms with Crippen molar-refractivity contribution < 1.29 is 62.6 Å². The van der Waals surface area contributed by atoms with Gasteiger partial charge in [0.1, 0.15) is 32.0 Å². The van der Waals surface area contributed by atoms with Crippen LogP contribution in [0.15, 0.2) is 12.3 Å². The predicted molar refractivity (Wildman–Crippen MR) is 207 cm³/mol. The number of amides is 1. The lowest BCUT2D eigenvalue weighted by Crippen LogP contribution is -2.39. The van der Waals surface area contributed by atoms with Crippen molar-refractivity contribution in [2.24, 2.45) is 5.92 Å². The lowest BCUT2D eigenvalue weighted by molar-refractivity contribution is -0.154. The monoisotopic (exact) mass is 798 g/mol. The summed E-state index contributed by atoms with van der Waals surface area (Å²) in [5, 5.41) is 20.7. The molecule has 0 aromatic carbocycles. The van der Waals surface area contributed by atoms with E-state index < -0.39 is 42.1 Å². The third kappa shape index (κ3) is 19.7. The molecule has 2 saturated heterocycles. The molecule has 0 aliphatic carbocycles. The van der Waals surface area contributed by atoms with E-state index in [1.54, 1.807) is 18.7 Å². The topological polar surface area (TPSA) is 188 Å². The molecular weight excluding hydrogens is 728 g/mol. The fourth-order valence-electron chi connectivity index (χ4n) is 7.21. The zero-order valence-corrected chi connectivity index (χ0v) is 34.6. The number of hydrogen-bond acceptors (Lipinski definition) is 14. The van der Waals surface area contributed by atoms with Crippen LogP contribution >= 0.6 is 0 Å². The molecule has 7 atom stereocenters. The largest absolute Gasteiger partial charge is 0.463 e. The van der Waals surface area contributed by atoms with E-state index in [9.17, 15) is 34.2 Å². The van der Waals surface area contributed by atoms with Crippen molar-refractivity contribution in [2.45, 2.75) is 161 Å². The third-order valence-electron chi connectivity index (χ3n) is 10.3. The first-order valence-electron chi connectivity index (χ1n) is 20.7. The molecule has 322 valence electrons. The number of aliphatic hydroxyl groups excluding tert-OH is 2. The smallest absolute Gasteiger partial charge is 0.308 e. The van der Waals surface area contributed by atoms with Crippen LogP contribution in [-0.4, -0.2) is 139 Å². The molecule has 56 heavy (non-hydrogen) atoms. The average molecular weight is 799 g/mol. The van der Waals surface area contributed by atoms with Crippen LogP contribution in [0.2, 0.25) is 0 Å². The van der Waals surface area contributed by atoms with Gasteiger partial charge in [0.05, 0.1) is 37.9 Å². The molecule has 15 nitrogen and oxygen atoms in total. The standard InChI is InChI=1S/C41H70N2O13/c1-7-33(42-18-10-12-30(42)4)16-17-40(49)53-23-21-51-20-22-52-39(48)15-9-13-34(43-19-11-14-38(43)47)24-29(3)41(50)55-28-36(46)27-54-31(5)25-35(45)26-37(8-2)56-32(6)44/h29,31,33-37,45-46H,4,7-28H2,1-3,5-6H3. The van der Waals surface area contributed by atoms with Crippen molar-refractivity contribution in [3.8, 4) is 0 Å². The van der Waals surface area contributed by atoms with Gasteiger partial charge in [-0.05, 0) is 71.1 Å². The number of esters is 4. The van der Waals surface area contributed by atoms with Gasteiger partial charge in [-0.2, -0.15) is 0 Å². The number of aliphatic hydroxyl groups is 2. The molecule has 0 aromatic rings. The van der Waals surface area contributed by atoms with E-state index in [1.165, 1.54) is 6.92 Å². The Balaban J connectivity index is 1.62. The molecule has 1 amide bonds. The zero-order valence-electron chi connectivity index (χ0n) is 34.6. The summed E-state index contributed by atoms with van der Waals surface area (Å²) in [6.07, 6.45) is 5.31. The van der Waals surface area contributed by atoms with Crippen LogP contribution in [0, 0.1) is 5.92 Å². The summed E-state index contributed by atoms with van der Waals surface area (Å²) in [5.41, 5.74) is 1.15. The van der Waals surface area contributed by atoms with E-state index in [0.717, 1.165) is 44.3 Å². The number of likely N-dealkylation sites (tertiary alicyclic amines) is 2. The van der Waals surface area contributed by atoms with Crippen LogP contribution in [0.3, 0.4) is 0 Å². The Bertz CT molecular complexity index is 1220. The van der Waals surface area contributed by atoms with Gasteiger partial charge in [-0.3, -0.25) is 24.0 Å². The minimum atomic E-state index is -1.07. The van der Waals surface area contributed by atoms with Crippen molar-refractivity contribution in [2.75, 3.05) is 52.7 Å². The molecule has 2 aliphatic rings. The van der Waals surface area contributed by atoms with Crippen molar-refractivity contribution in [1.82, 2.24) is 9.80 Å². The molecule has 0 radical (unpaired) electrons. The van der Waals surface area contributed by atoms with Crippen LogP contribution < -0.4 is 0 Å². The summed E-state index contributed by atoms with van der Waals surface area (Å²) >= 11 is 0. The molecule has 7 unspecified atom stereocenters. The Morgan fingerprint density at radius 3 is 2.02 bits per heavy atom. The number of rotatable bonds is 30. The van der Waals surface area contributed by atoms with Crippen LogP contribution in [0.4, 0.5) is 0 Å². The lowest BCUT2D eigenvalue weighted by Gasteiger charge is -2.29. The van der Waals surface area contributed by atoms with E-state index in [-0.39, 0.29) is 82.9 Å². The minimum absolute atomic E-state index is 0.0166. The Kier molecular flexibility index (Phi) is 23.9. The second-order valence-electron chi connectivity index (χ2n) is 15.1. The summed E-state index contributed by atoms with van der Waals surface area (Å²) in [7, 11) is 0. The highest BCUT2D eigenvalue weighted by Gasteiger charge is 2.31. The van der Waals surface area contributed by atoms with Gasteiger partial charge in [0, 0.05) is 63.5 Å². The quantitative estimate of drug-likeness (QED) is 0.0597. The fraction of sp³-hybridized carbons (Fsp3) is 0.829. The Labute approximate surface area is 333 Å². The molecule has 0 aromatic heterocycles. The average Bonchev–Trinajstić information content (AvgIpc) is 3.79. The molecular formula is C41H70N2O13. The summed E-state index contributed by atoms with van der Waals surface area (Å²) in [4.78, 5) is 65.3. The molecule has 2 fully saturated rings. The second-order valence-corrected chi connectivity index (χ2v) is 15.1. The molecule has 15 heteroatoms. The first-order chi connectivity index (χ1) is 26.7. The Morgan fingerprint density at radius 1 is 0.768 bits per heavy atom. The SMILES string of the molecule is C=C1CCCN1C(CC)CCC(=O)OCCOCCOC(=O)CCCC(CC(C)C(=O)OCC(O)COC(C)CC(O)CC(CC)OC(C)=O)N1CCCC1=O. The molecule has 2 N–H and O–H groups in total. The summed E-state index contributed by atoms with van der Waals surface area (Å²) in [6.45, 7) is 14.7. The molecule has 0 spiro atoms. The van der Waals surface area contributed by atoms with Gasteiger partial charge < -0.3 is 48.4 Å². The maximum atomic E-state index is 12.9. The summed E-state index contributed by atoms with van der Waals surface area (Å²) in [5.74, 6) is -2.11. The van der Waals surface area contributed by atoms with Gasteiger partial charge >= 0.3 is 23.9 Å². The van der Waals surface area contributed by atoms with Crippen molar-refractivity contribution in [3.05, 3.63) is 12.3 Å². The van der Waals surface area contributed by atoms with Crippen LogP contribution in [-0.2, 0) is 52.4 Å². The van der Waals surface area contributed by atoms with Crippen LogP contribution in [0.25, 0.3) is 0 Å². The van der Waals surface area contributed by atoms with Gasteiger partial charge in [-0.1, -0.05) is 27.4 Å². The van der Waals surface area contributed by atoms with E-state index in [1.807, 2.05) is 6.92 Å². The number of allylic oxidation sites excluding steroid dienone is 1. The number of nitrogens with zero attached hydrogens (tertiary/aromatic N) is 2. The number of carbonyl (C=O) groups excluding carboxylic acids is 5. The highest BCUT2D eigenvalue weighted by Crippen LogP contribution is 2.26. The highest BCUT2D eigenvalue weighted by atomic mass is 16.6. The Morgan fingerprint density at radius 2 is 1.43 bits per heavy atom. The number of ether oxygens (including phenoxy) is 6. The van der Waals surface area contributed by atoms with E-state index >= 15 is 0 Å². The maximum Gasteiger partial charge on any atom is 0.308 e. The Hall–Kier alpha value is -3.27. The van der Waals surface area contributed by atoms with Crippen molar-refractivity contribution >= 4 is 29.8 Å². The van der Waals surface area contributed by atoms with E-state index in [4.69, 9.17) is 28.4 Å². The van der Waals surface area contributed by atoms with Crippen LogP contribution in [0.5, 0.6) is 0 Å². The summed E-state index contributed by atoms with van der Waals surface area (Å²) < 4.78 is 32.2. The third-order valence-corrected chi connectivity index (χ3v) is 10.3. The minimum Gasteiger partial charge on any atom is -0.463 e. The van der Waals surface area contributed by atoms with Crippen LogP contribution in [0.1, 0.15) is 125 Å². The van der Waals surface area contributed by atoms with E-state index in [2.05, 4.69) is 18.4 Å². The van der Waals surface area contributed by atoms with E-state index in [0.29, 0.717) is 51.1 Å². The number of hydrogen-bond donors (Lipinski definition) is 2.